The van der Waals surface area contributed by atoms with Gasteiger partial charge >= 0.3 is 0 Å². The number of nitrogens with zero attached hydrogens (tertiary/aromatic N) is 2. The molecule has 0 aliphatic carbocycles. The average molecular weight is 487 g/mol. The quantitative estimate of drug-likeness (QED) is 0.444. The van der Waals surface area contributed by atoms with Crippen molar-refractivity contribution in [2.75, 3.05) is 56.7 Å². The van der Waals surface area contributed by atoms with Crippen molar-refractivity contribution in [3.8, 4) is 22.8 Å². The molecular formula is C29H34N4O3. The second-order valence-electron chi connectivity index (χ2n) is 10.2. The van der Waals surface area contributed by atoms with E-state index in [-0.39, 0.29) is 5.56 Å². The summed E-state index contributed by atoms with van der Waals surface area (Å²) in [4.78, 5) is 20.2. The second kappa shape index (κ2) is 9.99. The minimum atomic E-state index is -0.108. The van der Waals surface area contributed by atoms with Crippen LogP contribution >= 0.6 is 0 Å². The lowest BCUT2D eigenvalue weighted by molar-refractivity contribution is 0.122. The number of hydrogen-bond donors (Lipinski definition) is 2. The molecule has 4 heterocycles. The highest BCUT2D eigenvalue weighted by atomic mass is 16.5. The molecule has 3 aliphatic heterocycles. The summed E-state index contributed by atoms with van der Waals surface area (Å²) < 4.78 is 12.0. The van der Waals surface area contributed by atoms with Crippen LogP contribution in [0.1, 0.15) is 30.4 Å². The molecule has 1 unspecified atom stereocenters. The van der Waals surface area contributed by atoms with Gasteiger partial charge in [0, 0.05) is 54.1 Å². The molecular weight excluding hydrogens is 452 g/mol. The summed E-state index contributed by atoms with van der Waals surface area (Å²) >= 11 is 0. The fourth-order valence-corrected chi connectivity index (χ4v) is 5.58. The molecule has 1 aromatic heterocycles. The lowest BCUT2D eigenvalue weighted by atomic mass is 9.96. The van der Waals surface area contributed by atoms with Crippen LogP contribution in [-0.2, 0) is 11.2 Å². The number of hydrogen-bond acceptors (Lipinski definition) is 6. The van der Waals surface area contributed by atoms with Crippen LogP contribution < -0.4 is 20.5 Å². The molecule has 2 saturated heterocycles. The van der Waals surface area contributed by atoms with Crippen LogP contribution in [0.2, 0.25) is 0 Å². The van der Waals surface area contributed by atoms with Gasteiger partial charge in [0.15, 0.2) is 0 Å². The molecule has 2 N–H and O–H groups in total. The van der Waals surface area contributed by atoms with Crippen molar-refractivity contribution < 1.29 is 9.47 Å². The first-order chi connectivity index (χ1) is 17.6. The highest BCUT2D eigenvalue weighted by molar-refractivity contribution is 5.74. The van der Waals surface area contributed by atoms with E-state index >= 15 is 0 Å². The summed E-state index contributed by atoms with van der Waals surface area (Å²) in [6.45, 7) is 5.24. The Kier molecular flexibility index (Phi) is 6.42. The minimum absolute atomic E-state index is 0.108. The van der Waals surface area contributed by atoms with Gasteiger partial charge in [0.25, 0.3) is 0 Å². The standard InChI is InChI=1S/C29H34N4O3/c1-32-10-3-5-22(9-11-32)30-23-7-8-27-21(17-23)16-20-4-2-6-25(29(20)36-27)26-18-24(19-28(34)31-26)33-12-14-35-15-13-33/h2,4,6-8,17-19,22,30H,3,5,9-16H2,1H3,(H,31,34). The van der Waals surface area contributed by atoms with Gasteiger partial charge in [0.1, 0.15) is 11.5 Å². The van der Waals surface area contributed by atoms with Crippen LogP contribution in [0.5, 0.6) is 11.5 Å². The minimum Gasteiger partial charge on any atom is -0.456 e. The number of ether oxygens (including phenoxy) is 2. The zero-order valence-corrected chi connectivity index (χ0v) is 20.9. The Hall–Kier alpha value is -3.29. The van der Waals surface area contributed by atoms with Crippen molar-refractivity contribution in [2.24, 2.45) is 0 Å². The summed E-state index contributed by atoms with van der Waals surface area (Å²) in [5, 5.41) is 3.76. The first kappa shape index (κ1) is 23.1. The van der Waals surface area contributed by atoms with E-state index in [1.165, 1.54) is 24.9 Å². The maximum Gasteiger partial charge on any atom is 0.250 e. The molecule has 3 aliphatic rings. The Balaban J connectivity index is 1.26. The summed E-state index contributed by atoms with van der Waals surface area (Å²) in [6.07, 6.45) is 4.39. The molecule has 2 aromatic carbocycles. The van der Waals surface area contributed by atoms with Gasteiger partial charge in [-0.2, -0.15) is 0 Å². The van der Waals surface area contributed by atoms with E-state index in [4.69, 9.17) is 9.47 Å². The van der Waals surface area contributed by atoms with Crippen LogP contribution in [0.3, 0.4) is 0 Å². The van der Waals surface area contributed by atoms with Gasteiger partial charge in [-0.05, 0) is 75.3 Å². The third kappa shape index (κ3) is 4.86. The maximum atomic E-state index is 12.6. The van der Waals surface area contributed by atoms with Gasteiger partial charge < -0.3 is 29.6 Å². The number of fused-ring (bicyclic) bond motifs is 2. The molecule has 1 atom stereocenters. The van der Waals surface area contributed by atoms with E-state index in [0.717, 1.165) is 72.2 Å². The third-order valence-electron chi connectivity index (χ3n) is 7.57. The summed E-state index contributed by atoms with van der Waals surface area (Å²) in [6, 6.07) is 16.9. The first-order valence-corrected chi connectivity index (χ1v) is 13.1. The van der Waals surface area contributed by atoms with Crippen molar-refractivity contribution >= 4 is 11.4 Å². The zero-order chi connectivity index (χ0) is 24.5. The molecule has 7 nitrogen and oxygen atoms in total. The molecule has 7 heteroatoms. The molecule has 3 aromatic rings. The van der Waals surface area contributed by atoms with Crippen LogP contribution in [-0.4, -0.2) is 62.4 Å². The predicted octanol–water partition coefficient (Wildman–Crippen LogP) is 4.47. The zero-order valence-electron chi connectivity index (χ0n) is 20.9. The van der Waals surface area contributed by atoms with Crippen LogP contribution in [0.15, 0.2) is 53.3 Å². The highest BCUT2D eigenvalue weighted by Crippen LogP contribution is 2.43. The van der Waals surface area contributed by atoms with Gasteiger partial charge in [-0.15, -0.1) is 0 Å². The third-order valence-corrected chi connectivity index (χ3v) is 7.57. The Morgan fingerprint density at radius 1 is 0.972 bits per heavy atom. The van der Waals surface area contributed by atoms with Crippen LogP contribution in [0, 0.1) is 0 Å². The Labute approximate surface area is 212 Å². The molecule has 6 rings (SSSR count). The molecule has 36 heavy (non-hydrogen) atoms. The van der Waals surface area contributed by atoms with E-state index in [1.54, 1.807) is 6.07 Å². The number of para-hydroxylation sites is 1. The predicted molar refractivity (Wildman–Crippen MR) is 144 cm³/mol. The summed E-state index contributed by atoms with van der Waals surface area (Å²) in [7, 11) is 2.21. The summed E-state index contributed by atoms with van der Waals surface area (Å²) in [5.74, 6) is 1.71. The second-order valence-corrected chi connectivity index (χ2v) is 10.2. The fourth-order valence-electron chi connectivity index (χ4n) is 5.58. The van der Waals surface area contributed by atoms with Gasteiger partial charge in [0.05, 0.1) is 18.9 Å². The van der Waals surface area contributed by atoms with E-state index < -0.39 is 0 Å². The number of rotatable bonds is 4. The van der Waals surface area contributed by atoms with Gasteiger partial charge in [-0.1, -0.05) is 12.1 Å². The highest BCUT2D eigenvalue weighted by Gasteiger charge is 2.23. The monoisotopic (exact) mass is 486 g/mol. The lowest BCUT2D eigenvalue weighted by Gasteiger charge is -2.29. The van der Waals surface area contributed by atoms with Crippen LogP contribution in [0.4, 0.5) is 11.4 Å². The Bertz CT molecular complexity index is 1300. The molecule has 0 amide bonds. The number of anilines is 2. The molecule has 0 bridgehead atoms. The topological polar surface area (TPSA) is 69.8 Å². The van der Waals surface area contributed by atoms with Crippen molar-refractivity contribution in [2.45, 2.75) is 31.7 Å². The number of aromatic amines is 1. The number of aromatic nitrogens is 1. The fraction of sp³-hybridized carbons (Fsp3) is 0.414. The number of H-pyrrole nitrogens is 1. The lowest BCUT2D eigenvalue weighted by Crippen LogP contribution is -2.36. The number of benzene rings is 2. The maximum absolute atomic E-state index is 12.6. The molecule has 2 fully saturated rings. The van der Waals surface area contributed by atoms with Crippen molar-refractivity contribution in [3.05, 3.63) is 70.0 Å². The Morgan fingerprint density at radius 3 is 2.75 bits per heavy atom. The van der Waals surface area contributed by atoms with Crippen molar-refractivity contribution in [1.29, 1.82) is 0 Å². The molecule has 0 spiro atoms. The Morgan fingerprint density at radius 2 is 1.86 bits per heavy atom. The number of nitrogens with one attached hydrogen (secondary N) is 2. The van der Waals surface area contributed by atoms with Crippen LogP contribution in [0.25, 0.3) is 11.3 Å². The number of pyridine rings is 1. The number of morpholine rings is 1. The van der Waals surface area contributed by atoms with Crippen molar-refractivity contribution in [1.82, 2.24) is 9.88 Å². The van der Waals surface area contributed by atoms with Gasteiger partial charge in [0.2, 0.25) is 5.56 Å². The smallest absolute Gasteiger partial charge is 0.250 e. The van der Waals surface area contributed by atoms with Crippen molar-refractivity contribution in [3.63, 3.8) is 0 Å². The SMILES string of the molecule is CN1CCCC(Nc2ccc3c(c2)Cc2cccc(-c4cc(N5CCOCC5)cc(=O)[nH]4)c2O3)CC1. The van der Waals surface area contributed by atoms with E-state index in [9.17, 15) is 4.79 Å². The van der Waals surface area contributed by atoms with E-state index in [0.29, 0.717) is 19.3 Å². The normalized spacial score (nSPS) is 20.1. The largest absolute Gasteiger partial charge is 0.456 e. The first-order valence-electron chi connectivity index (χ1n) is 13.1. The molecule has 0 saturated carbocycles. The average Bonchev–Trinajstić information content (AvgIpc) is 3.11. The van der Waals surface area contributed by atoms with E-state index in [2.05, 4.69) is 57.5 Å². The van der Waals surface area contributed by atoms with Gasteiger partial charge in [-0.25, -0.2) is 0 Å². The summed E-state index contributed by atoms with van der Waals surface area (Å²) in [5.41, 5.74) is 5.98. The van der Waals surface area contributed by atoms with Gasteiger partial charge in [-0.3, -0.25) is 4.79 Å². The number of likely N-dealkylation sites (tertiary alicyclic amines) is 1. The molecule has 188 valence electrons. The molecule has 0 radical (unpaired) electrons. The van der Waals surface area contributed by atoms with E-state index in [1.807, 2.05) is 12.1 Å².